The van der Waals surface area contributed by atoms with E-state index >= 15 is 0 Å². The first-order chi connectivity index (χ1) is 17.2. The molecule has 1 saturated heterocycles. The summed E-state index contributed by atoms with van der Waals surface area (Å²) >= 11 is 0. The van der Waals surface area contributed by atoms with Gasteiger partial charge in [0, 0.05) is 6.54 Å². The molecule has 1 aliphatic heterocycles. The summed E-state index contributed by atoms with van der Waals surface area (Å²) in [6, 6.07) is 10.2. The molecule has 1 heterocycles. The van der Waals surface area contributed by atoms with E-state index in [-0.39, 0.29) is 29.6 Å². The first-order valence-electron chi connectivity index (χ1n) is 14.9. The quantitative estimate of drug-likeness (QED) is 0.556. The molecule has 1 aromatic rings. The summed E-state index contributed by atoms with van der Waals surface area (Å²) in [5.74, 6) is 2.92. The van der Waals surface area contributed by atoms with Gasteiger partial charge in [0.15, 0.2) is 0 Å². The highest BCUT2D eigenvalue weighted by Crippen LogP contribution is 2.87. The van der Waals surface area contributed by atoms with Crippen molar-refractivity contribution in [1.29, 1.82) is 0 Å². The van der Waals surface area contributed by atoms with Crippen molar-refractivity contribution in [1.82, 2.24) is 5.32 Å². The molecule has 7 unspecified atom stereocenters. The zero-order chi connectivity index (χ0) is 24.9. The number of aliphatic hydroxyl groups excluding tert-OH is 1. The lowest BCUT2D eigenvalue weighted by Crippen LogP contribution is -2.54. The molecule has 4 heteroatoms. The minimum absolute atomic E-state index is 0.0561. The largest absolute Gasteiger partial charge is 0.393 e. The molecule has 6 aliphatic rings. The summed E-state index contributed by atoms with van der Waals surface area (Å²) in [7, 11) is 0. The van der Waals surface area contributed by atoms with Gasteiger partial charge in [-0.3, -0.25) is 4.79 Å². The van der Waals surface area contributed by atoms with Crippen molar-refractivity contribution >= 4 is 5.91 Å². The van der Waals surface area contributed by atoms with Gasteiger partial charge in [-0.05, 0) is 115 Å². The number of nitrogens with one attached hydrogen (secondary N) is 1. The highest BCUT2D eigenvalue weighted by Gasteiger charge is 2.80. The monoisotopic (exact) mass is 491 g/mol. The first kappa shape index (κ1) is 23.7. The van der Waals surface area contributed by atoms with Crippen molar-refractivity contribution in [2.24, 2.45) is 45.3 Å². The van der Waals surface area contributed by atoms with Crippen LogP contribution in [0, 0.1) is 45.3 Å². The minimum Gasteiger partial charge on any atom is -0.393 e. The van der Waals surface area contributed by atoms with Crippen LogP contribution in [0.5, 0.6) is 0 Å². The van der Waals surface area contributed by atoms with E-state index in [9.17, 15) is 9.90 Å². The van der Waals surface area contributed by atoms with Crippen LogP contribution in [0.4, 0.5) is 0 Å². The standard InChI is InChI=1S/C32H45NO3/c1-29(2)26-12-10-21-23-17-25-22(9-11-24(36-25)28(35)33-18-20-7-5-4-6-8-20)30(23,3)15-16-31(21)19-32(26,31)14-13-27(29)34/h4-8,21-27,34H,9-19H2,1-3H3,(H,33,35)/t21?,22?,23?,24?,25?,26?,27-,30+,31-,32?/m0/s1. The predicted molar refractivity (Wildman–Crippen MR) is 140 cm³/mol. The fourth-order valence-electron chi connectivity index (χ4n) is 11.3. The highest BCUT2D eigenvalue weighted by molar-refractivity contribution is 5.80. The zero-order valence-corrected chi connectivity index (χ0v) is 22.5. The third kappa shape index (κ3) is 3.04. The van der Waals surface area contributed by atoms with Gasteiger partial charge in [0.2, 0.25) is 5.91 Å². The molecule has 10 atom stereocenters. The Morgan fingerprint density at radius 1 is 0.944 bits per heavy atom. The maximum atomic E-state index is 13.0. The van der Waals surface area contributed by atoms with Crippen LogP contribution in [0.15, 0.2) is 30.3 Å². The van der Waals surface area contributed by atoms with Gasteiger partial charge in [0.25, 0.3) is 0 Å². The van der Waals surface area contributed by atoms with Gasteiger partial charge in [0.1, 0.15) is 6.10 Å². The van der Waals surface area contributed by atoms with E-state index in [1.807, 2.05) is 18.2 Å². The second-order valence-corrected chi connectivity index (χ2v) is 14.5. The lowest BCUT2D eigenvalue weighted by Gasteiger charge is -2.59. The third-order valence-corrected chi connectivity index (χ3v) is 13.2. The Morgan fingerprint density at radius 2 is 1.72 bits per heavy atom. The lowest BCUT2D eigenvalue weighted by molar-refractivity contribution is -0.149. The fourth-order valence-corrected chi connectivity index (χ4v) is 11.3. The molecule has 1 aromatic carbocycles. The van der Waals surface area contributed by atoms with E-state index < -0.39 is 0 Å². The van der Waals surface area contributed by atoms with Gasteiger partial charge < -0.3 is 15.2 Å². The molecule has 6 fully saturated rings. The number of aliphatic hydroxyl groups is 1. The molecule has 196 valence electrons. The number of fused-ring (bicyclic) bond motifs is 4. The molecule has 4 nitrogen and oxygen atoms in total. The van der Waals surface area contributed by atoms with Crippen LogP contribution in [0.2, 0.25) is 0 Å². The summed E-state index contributed by atoms with van der Waals surface area (Å²) in [5, 5.41) is 14.0. The van der Waals surface area contributed by atoms with Gasteiger partial charge in [-0.25, -0.2) is 0 Å². The van der Waals surface area contributed by atoms with Crippen molar-refractivity contribution in [2.75, 3.05) is 0 Å². The average molecular weight is 492 g/mol. The summed E-state index contributed by atoms with van der Waals surface area (Å²) in [6.07, 6.45) is 12.0. The molecule has 2 N–H and O–H groups in total. The highest BCUT2D eigenvalue weighted by atomic mass is 16.5. The first-order valence-corrected chi connectivity index (χ1v) is 14.9. The molecule has 1 amide bonds. The van der Waals surface area contributed by atoms with E-state index in [4.69, 9.17) is 4.74 Å². The Bertz CT molecular complexity index is 1040. The Hall–Kier alpha value is -1.39. The zero-order valence-electron chi connectivity index (χ0n) is 22.5. The van der Waals surface area contributed by atoms with Crippen LogP contribution in [0.1, 0.15) is 90.5 Å². The second-order valence-electron chi connectivity index (χ2n) is 14.5. The number of ether oxygens (including phenoxy) is 1. The molecule has 0 radical (unpaired) electrons. The number of carbonyl (C=O) groups is 1. The minimum atomic E-state index is -0.295. The van der Waals surface area contributed by atoms with Crippen molar-refractivity contribution in [3.8, 4) is 0 Å². The maximum absolute atomic E-state index is 13.0. The smallest absolute Gasteiger partial charge is 0.249 e. The molecule has 2 spiro atoms. The van der Waals surface area contributed by atoms with E-state index in [0.717, 1.165) is 43.1 Å². The number of hydrogen-bond donors (Lipinski definition) is 2. The molecular weight excluding hydrogens is 446 g/mol. The van der Waals surface area contributed by atoms with Crippen molar-refractivity contribution in [2.45, 2.75) is 110 Å². The van der Waals surface area contributed by atoms with Crippen LogP contribution in [-0.2, 0) is 16.1 Å². The predicted octanol–water partition coefficient (Wildman–Crippen LogP) is 5.87. The van der Waals surface area contributed by atoms with Crippen LogP contribution in [0.25, 0.3) is 0 Å². The normalized spacial score (nSPS) is 50.1. The molecule has 5 saturated carbocycles. The van der Waals surface area contributed by atoms with E-state index in [0.29, 0.717) is 34.6 Å². The number of amides is 1. The molecule has 7 rings (SSSR count). The number of hydrogen-bond acceptors (Lipinski definition) is 3. The van der Waals surface area contributed by atoms with Gasteiger partial charge in [0.05, 0.1) is 12.2 Å². The molecule has 0 aromatic heterocycles. The summed E-state index contributed by atoms with van der Waals surface area (Å²) in [4.78, 5) is 13.0. The summed E-state index contributed by atoms with van der Waals surface area (Å²) in [5.41, 5.74) is 2.58. The molecule has 5 aliphatic carbocycles. The average Bonchev–Trinajstić information content (AvgIpc) is 3.46. The molecule has 36 heavy (non-hydrogen) atoms. The van der Waals surface area contributed by atoms with E-state index in [1.54, 1.807) is 0 Å². The van der Waals surface area contributed by atoms with E-state index in [1.165, 1.54) is 38.5 Å². The molecular formula is C32H45NO3. The van der Waals surface area contributed by atoms with Gasteiger partial charge in [-0.15, -0.1) is 0 Å². The maximum Gasteiger partial charge on any atom is 0.249 e. The number of benzene rings is 1. The van der Waals surface area contributed by atoms with Gasteiger partial charge in [-0.1, -0.05) is 51.1 Å². The SMILES string of the molecule is CC1(C)C2CCC3C4CC5OC(C(=O)NCc6ccccc6)CCC5[C@@]4(C)CC[C@]34CC24CC[C@@H]1O. The van der Waals surface area contributed by atoms with Crippen molar-refractivity contribution < 1.29 is 14.6 Å². The summed E-state index contributed by atoms with van der Waals surface area (Å²) < 4.78 is 6.65. The number of rotatable bonds is 3. The third-order valence-electron chi connectivity index (χ3n) is 13.2. The second kappa shape index (κ2) is 7.82. The van der Waals surface area contributed by atoms with Gasteiger partial charge in [-0.2, -0.15) is 0 Å². The number of carbonyl (C=O) groups excluding carboxylic acids is 1. The lowest BCUT2D eigenvalue weighted by atomic mass is 9.46. The Kier molecular flexibility index (Phi) is 5.15. The van der Waals surface area contributed by atoms with Crippen LogP contribution in [0.3, 0.4) is 0 Å². The fraction of sp³-hybridized carbons (Fsp3) is 0.781. The molecule has 0 bridgehead atoms. The van der Waals surface area contributed by atoms with Crippen molar-refractivity contribution in [3.63, 3.8) is 0 Å². The Balaban J connectivity index is 1.07. The van der Waals surface area contributed by atoms with E-state index in [2.05, 4.69) is 38.2 Å². The topological polar surface area (TPSA) is 58.6 Å². The van der Waals surface area contributed by atoms with Gasteiger partial charge >= 0.3 is 0 Å². The van der Waals surface area contributed by atoms with Crippen molar-refractivity contribution in [3.05, 3.63) is 35.9 Å². The van der Waals surface area contributed by atoms with Crippen LogP contribution < -0.4 is 5.32 Å². The Morgan fingerprint density at radius 3 is 2.53 bits per heavy atom. The Labute approximate surface area is 217 Å². The summed E-state index contributed by atoms with van der Waals surface area (Å²) in [6.45, 7) is 7.86. The van der Waals surface area contributed by atoms with Crippen LogP contribution in [-0.4, -0.2) is 29.3 Å². The van der Waals surface area contributed by atoms with Crippen LogP contribution >= 0.6 is 0 Å².